The molecule has 0 N–H and O–H groups in total. The number of fused-ring (bicyclic) bond motifs is 1. The largest absolute Gasteiger partial charge is 0.490 e. The molecule has 1 heterocycles. The fourth-order valence-electron chi connectivity index (χ4n) is 3.11. The van der Waals surface area contributed by atoms with E-state index in [0.717, 1.165) is 35.8 Å². The minimum atomic E-state index is -0.0391. The molecule has 1 atom stereocenters. The summed E-state index contributed by atoms with van der Waals surface area (Å²) >= 11 is 13.0. The molecule has 0 amide bonds. The third-order valence-electron chi connectivity index (χ3n) is 4.22. The molecule has 1 fully saturated rings. The fourth-order valence-corrected chi connectivity index (χ4v) is 3.88. The fraction of sp³-hybridized carbons (Fsp3) is 0.625. The van der Waals surface area contributed by atoms with Crippen molar-refractivity contribution in [1.82, 2.24) is 0 Å². The molecule has 4 heteroatoms. The minimum Gasteiger partial charge on any atom is -0.490 e. The van der Waals surface area contributed by atoms with Crippen LogP contribution in [-0.2, 0) is 0 Å². The molecule has 0 aromatic heterocycles. The number of hydrogen-bond donors (Lipinski definition) is 0. The van der Waals surface area contributed by atoms with Crippen molar-refractivity contribution in [3.63, 3.8) is 0 Å². The van der Waals surface area contributed by atoms with Crippen LogP contribution in [0, 0.1) is 5.92 Å². The van der Waals surface area contributed by atoms with E-state index in [2.05, 4.69) is 0 Å². The highest BCUT2D eigenvalue weighted by Crippen LogP contribution is 2.43. The maximum atomic E-state index is 6.59. The summed E-state index contributed by atoms with van der Waals surface area (Å²) in [6, 6.07) is 3.82. The summed E-state index contributed by atoms with van der Waals surface area (Å²) in [5.74, 6) is 2.25. The summed E-state index contributed by atoms with van der Waals surface area (Å²) < 4.78 is 11.4. The lowest BCUT2D eigenvalue weighted by Crippen LogP contribution is -2.02. The van der Waals surface area contributed by atoms with Gasteiger partial charge < -0.3 is 9.47 Å². The Morgan fingerprint density at radius 1 is 1.05 bits per heavy atom. The zero-order valence-corrected chi connectivity index (χ0v) is 13.1. The first kappa shape index (κ1) is 14.3. The van der Waals surface area contributed by atoms with E-state index in [1.54, 1.807) is 0 Å². The lowest BCUT2D eigenvalue weighted by Gasteiger charge is -2.18. The minimum absolute atomic E-state index is 0.0391. The first-order chi connectivity index (χ1) is 9.74. The van der Waals surface area contributed by atoms with Gasteiger partial charge in [-0.1, -0.05) is 37.3 Å². The molecule has 2 nitrogen and oxygen atoms in total. The third kappa shape index (κ3) is 3.17. The molecule has 1 saturated carbocycles. The van der Waals surface area contributed by atoms with Crippen LogP contribution in [0.25, 0.3) is 0 Å². The quantitative estimate of drug-likeness (QED) is 0.699. The van der Waals surface area contributed by atoms with Gasteiger partial charge in [-0.3, -0.25) is 0 Å². The molecule has 1 aliphatic heterocycles. The molecule has 1 unspecified atom stereocenters. The molecule has 1 aliphatic carbocycles. The Balaban J connectivity index is 1.79. The van der Waals surface area contributed by atoms with Gasteiger partial charge in [-0.15, -0.1) is 11.6 Å². The lowest BCUT2D eigenvalue weighted by molar-refractivity contribution is 0.297. The summed E-state index contributed by atoms with van der Waals surface area (Å²) in [5.41, 5.74) is 0.976. The maximum Gasteiger partial charge on any atom is 0.162 e. The summed E-state index contributed by atoms with van der Waals surface area (Å²) in [7, 11) is 0. The van der Waals surface area contributed by atoms with Crippen LogP contribution in [0.4, 0.5) is 0 Å². The molecule has 110 valence electrons. The second-order valence-corrected chi connectivity index (χ2v) is 6.66. The van der Waals surface area contributed by atoms with Gasteiger partial charge in [0.25, 0.3) is 0 Å². The topological polar surface area (TPSA) is 18.5 Å². The van der Waals surface area contributed by atoms with Crippen LogP contribution < -0.4 is 9.47 Å². The van der Waals surface area contributed by atoms with E-state index in [9.17, 15) is 0 Å². The van der Waals surface area contributed by atoms with Crippen molar-refractivity contribution >= 4 is 23.2 Å². The van der Waals surface area contributed by atoms with Crippen LogP contribution in [0.2, 0.25) is 5.02 Å². The number of rotatable bonds is 3. The van der Waals surface area contributed by atoms with Gasteiger partial charge in [0.05, 0.1) is 18.6 Å². The zero-order chi connectivity index (χ0) is 13.9. The Kier molecular flexibility index (Phi) is 4.62. The van der Waals surface area contributed by atoms with Crippen molar-refractivity contribution in [2.75, 3.05) is 13.2 Å². The van der Waals surface area contributed by atoms with Gasteiger partial charge >= 0.3 is 0 Å². The molecule has 2 aliphatic rings. The molecule has 1 aromatic carbocycles. The van der Waals surface area contributed by atoms with Crippen molar-refractivity contribution in [3.05, 3.63) is 22.7 Å². The van der Waals surface area contributed by atoms with E-state index in [-0.39, 0.29) is 5.38 Å². The smallest absolute Gasteiger partial charge is 0.162 e. The van der Waals surface area contributed by atoms with Gasteiger partial charge in [-0.2, -0.15) is 0 Å². The maximum absolute atomic E-state index is 6.59. The highest BCUT2D eigenvalue weighted by molar-refractivity contribution is 6.33. The van der Waals surface area contributed by atoms with Crippen molar-refractivity contribution in [2.24, 2.45) is 5.92 Å². The molecule has 0 bridgehead atoms. The summed E-state index contributed by atoms with van der Waals surface area (Å²) in [6.45, 7) is 1.36. The Morgan fingerprint density at radius 2 is 1.70 bits per heavy atom. The Morgan fingerprint density at radius 3 is 2.40 bits per heavy atom. The van der Waals surface area contributed by atoms with Gasteiger partial charge in [0, 0.05) is 17.5 Å². The van der Waals surface area contributed by atoms with E-state index in [1.807, 2.05) is 12.1 Å². The van der Waals surface area contributed by atoms with E-state index in [1.165, 1.54) is 25.7 Å². The third-order valence-corrected chi connectivity index (χ3v) is 4.96. The van der Waals surface area contributed by atoms with Gasteiger partial charge in [0.2, 0.25) is 0 Å². The standard InChI is InChI=1S/C16H20Cl2O2/c17-13(8-11-4-1-2-5-11)12-9-15-16(10-14(12)18)20-7-3-6-19-15/h9-11,13H,1-8H2. The first-order valence-electron chi connectivity index (χ1n) is 7.47. The Bertz CT molecular complexity index is 470. The zero-order valence-electron chi connectivity index (χ0n) is 11.5. The van der Waals surface area contributed by atoms with E-state index in [0.29, 0.717) is 18.2 Å². The average Bonchev–Trinajstić information content (AvgIpc) is 2.82. The van der Waals surface area contributed by atoms with Crippen LogP contribution in [-0.4, -0.2) is 13.2 Å². The summed E-state index contributed by atoms with van der Waals surface area (Å²) in [5, 5.41) is 0.648. The predicted molar refractivity (Wildman–Crippen MR) is 82.2 cm³/mol. The monoisotopic (exact) mass is 314 g/mol. The Labute approximate surface area is 130 Å². The molecule has 0 radical (unpaired) electrons. The first-order valence-corrected chi connectivity index (χ1v) is 8.28. The van der Waals surface area contributed by atoms with Gasteiger partial charge in [-0.25, -0.2) is 0 Å². The van der Waals surface area contributed by atoms with Crippen LogP contribution in [0.3, 0.4) is 0 Å². The number of halogens is 2. The van der Waals surface area contributed by atoms with E-state index in [4.69, 9.17) is 32.7 Å². The number of alkyl halides is 1. The summed E-state index contributed by atoms with van der Waals surface area (Å²) in [4.78, 5) is 0. The summed E-state index contributed by atoms with van der Waals surface area (Å²) in [6.07, 6.45) is 7.16. The molecule has 0 spiro atoms. The van der Waals surface area contributed by atoms with Crippen LogP contribution in [0.1, 0.15) is 49.5 Å². The second-order valence-electron chi connectivity index (χ2n) is 5.72. The predicted octanol–water partition coefficient (Wildman–Crippen LogP) is 5.36. The molecular weight excluding hydrogens is 295 g/mol. The SMILES string of the molecule is Clc1cc2c(cc1C(Cl)CC1CCCC1)OCCCO2. The highest BCUT2D eigenvalue weighted by atomic mass is 35.5. The number of benzene rings is 1. The average molecular weight is 315 g/mol. The number of ether oxygens (including phenoxy) is 2. The molecule has 0 saturated heterocycles. The molecular formula is C16H20Cl2O2. The normalized spacial score (nSPS) is 20.7. The van der Waals surface area contributed by atoms with Gasteiger partial charge in [0.15, 0.2) is 11.5 Å². The van der Waals surface area contributed by atoms with E-state index < -0.39 is 0 Å². The molecule has 1 aromatic rings. The van der Waals surface area contributed by atoms with Crippen molar-refractivity contribution < 1.29 is 9.47 Å². The molecule has 3 rings (SSSR count). The van der Waals surface area contributed by atoms with Gasteiger partial charge in [0.1, 0.15) is 0 Å². The van der Waals surface area contributed by atoms with Crippen LogP contribution in [0.15, 0.2) is 12.1 Å². The Hall–Kier alpha value is -0.600. The van der Waals surface area contributed by atoms with Crippen molar-refractivity contribution in [3.8, 4) is 11.5 Å². The highest BCUT2D eigenvalue weighted by Gasteiger charge is 2.23. The second kappa shape index (κ2) is 6.44. The molecule has 20 heavy (non-hydrogen) atoms. The van der Waals surface area contributed by atoms with Crippen molar-refractivity contribution in [1.29, 1.82) is 0 Å². The van der Waals surface area contributed by atoms with Crippen molar-refractivity contribution in [2.45, 2.75) is 43.9 Å². The lowest BCUT2D eigenvalue weighted by atomic mass is 9.97. The van der Waals surface area contributed by atoms with Crippen LogP contribution in [0.5, 0.6) is 11.5 Å². The van der Waals surface area contributed by atoms with E-state index >= 15 is 0 Å². The van der Waals surface area contributed by atoms with Crippen LogP contribution >= 0.6 is 23.2 Å². The van der Waals surface area contributed by atoms with Gasteiger partial charge in [-0.05, 0) is 24.0 Å². The number of hydrogen-bond acceptors (Lipinski definition) is 2.